The quantitative estimate of drug-likeness (QED) is 0.801. The Labute approximate surface area is 93.5 Å². The van der Waals surface area contributed by atoms with Crippen LogP contribution < -0.4 is 0 Å². The number of aliphatic hydroxyl groups excluding tert-OH is 1. The summed E-state index contributed by atoms with van der Waals surface area (Å²) in [5, 5.41) is 9.03. The van der Waals surface area contributed by atoms with Crippen LogP contribution in [0.2, 0.25) is 0 Å². The number of hydrogen-bond acceptors (Lipinski definition) is 1. The van der Waals surface area contributed by atoms with E-state index in [1.54, 1.807) is 0 Å². The summed E-state index contributed by atoms with van der Waals surface area (Å²) in [6.45, 7) is 0.175. The van der Waals surface area contributed by atoms with Crippen molar-refractivity contribution in [3.63, 3.8) is 0 Å². The summed E-state index contributed by atoms with van der Waals surface area (Å²) in [6, 6.07) is 8.10. The molecule has 1 fully saturated rings. The fraction of sp³-hybridized carbons (Fsp3) is 0.571. The van der Waals surface area contributed by atoms with Crippen LogP contribution in [0, 0.1) is 5.92 Å². The molecule has 0 amide bonds. The standard InChI is InChI=1S/C14H20O/c15-10-9-13-7-3-4-8-14(13)11-12-5-1-2-6-12/h3-4,7-8,12,15H,1-2,5-6,9-11H2/i11D. The molecule has 0 spiro atoms. The van der Waals surface area contributed by atoms with E-state index in [4.69, 9.17) is 6.48 Å². The molecule has 1 heteroatoms. The normalized spacial score (nSPS) is 20.2. The highest BCUT2D eigenvalue weighted by atomic mass is 16.2. The molecular formula is C14H20O. The molecule has 2 rings (SSSR count). The van der Waals surface area contributed by atoms with Crippen molar-refractivity contribution in [3.05, 3.63) is 35.4 Å². The fourth-order valence-corrected chi connectivity index (χ4v) is 2.42. The SMILES string of the molecule is [2H]C(c1ccccc1CCO)C1CCCC1. The Bertz CT molecular complexity index is 331. The molecule has 1 aromatic carbocycles. The van der Waals surface area contributed by atoms with Crippen LogP contribution in [0.5, 0.6) is 0 Å². The van der Waals surface area contributed by atoms with Gasteiger partial charge in [-0.1, -0.05) is 49.9 Å². The molecule has 0 aliphatic heterocycles. The number of benzene rings is 1. The molecule has 1 aliphatic carbocycles. The first-order valence-electron chi connectivity index (χ1n) is 6.51. The van der Waals surface area contributed by atoms with E-state index >= 15 is 0 Å². The maximum Gasteiger partial charge on any atom is 0.0471 e. The Balaban J connectivity index is 2.17. The Morgan fingerprint density at radius 1 is 1.20 bits per heavy atom. The largest absolute Gasteiger partial charge is 0.396 e. The Morgan fingerprint density at radius 3 is 2.53 bits per heavy atom. The van der Waals surface area contributed by atoms with Gasteiger partial charge in [0.2, 0.25) is 0 Å². The molecule has 0 bridgehead atoms. The first-order valence-corrected chi connectivity index (χ1v) is 5.94. The van der Waals surface area contributed by atoms with Crippen LogP contribution in [0.3, 0.4) is 0 Å². The van der Waals surface area contributed by atoms with Gasteiger partial charge in [0, 0.05) is 7.98 Å². The van der Waals surface area contributed by atoms with Crippen LogP contribution in [-0.2, 0) is 12.8 Å². The molecule has 0 heterocycles. The van der Waals surface area contributed by atoms with Crippen molar-refractivity contribution in [2.45, 2.75) is 38.5 Å². The second kappa shape index (κ2) is 5.32. The van der Waals surface area contributed by atoms with E-state index in [1.807, 2.05) is 18.2 Å². The van der Waals surface area contributed by atoms with Crippen molar-refractivity contribution in [2.24, 2.45) is 5.92 Å². The molecule has 1 aliphatic rings. The van der Waals surface area contributed by atoms with Crippen LogP contribution in [-0.4, -0.2) is 11.7 Å². The highest BCUT2D eigenvalue weighted by Gasteiger charge is 2.16. The van der Waals surface area contributed by atoms with E-state index in [2.05, 4.69) is 6.07 Å². The van der Waals surface area contributed by atoms with Crippen molar-refractivity contribution in [1.29, 1.82) is 0 Å². The van der Waals surface area contributed by atoms with Gasteiger partial charge in [-0.25, -0.2) is 0 Å². The van der Waals surface area contributed by atoms with Crippen molar-refractivity contribution in [2.75, 3.05) is 6.61 Å². The van der Waals surface area contributed by atoms with Crippen molar-refractivity contribution < 1.29 is 6.48 Å². The van der Waals surface area contributed by atoms with Gasteiger partial charge in [0.25, 0.3) is 0 Å². The highest BCUT2D eigenvalue weighted by Crippen LogP contribution is 2.28. The molecule has 1 aromatic rings. The van der Waals surface area contributed by atoms with E-state index in [0.29, 0.717) is 12.3 Å². The summed E-state index contributed by atoms with van der Waals surface area (Å²) in [4.78, 5) is 0. The van der Waals surface area contributed by atoms with Gasteiger partial charge in [0.05, 0.1) is 0 Å². The van der Waals surface area contributed by atoms with Gasteiger partial charge in [-0.15, -0.1) is 0 Å². The summed E-state index contributed by atoms with van der Waals surface area (Å²) in [5.74, 6) is 0.528. The van der Waals surface area contributed by atoms with Crippen molar-refractivity contribution in [1.82, 2.24) is 0 Å². The third-order valence-electron chi connectivity index (χ3n) is 3.25. The van der Waals surface area contributed by atoms with Gasteiger partial charge >= 0.3 is 0 Å². The number of rotatable bonds is 4. The number of hydrogen-bond donors (Lipinski definition) is 1. The van der Waals surface area contributed by atoms with Crippen LogP contribution in [0.4, 0.5) is 0 Å². The van der Waals surface area contributed by atoms with Crippen molar-refractivity contribution in [3.8, 4) is 0 Å². The minimum absolute atomic E-state index is 0.0924. The van der Waals surface area contributed by atoms with E-state index < -0.39 is 0 Å². The molecule has 0 radical (unpaired) electrons. The summed E-state index contributed by atoms with van der Waals surface area (Å²) in [7, 11) is 0. The lowest BCUT2D eigenvalue weighted by Crippen LogP contribution is -2.03. The molecule has 0 aromatic heterocycles. The first-order chi connectivity index (χ1) is 7.83. The minimum Gasteiger partial charge on any atom is -0.396 e. The molecule has 0 saturated heterocycles. The van der Waals surface area contributed by atoms with Gasteiger partial charge < -0.3 is 5.11 Å². The van der Waals surface area contributed by atoms with Gasteiger partial charge in [-0.05, 0) is 29.9 Å². The smallest absolute Gasteiger partial charge is 0.0471 e. The highest BCUT2D eigenvalue weighted by molar-refractivity contribution is 5.27. The van der Waals surface area contributed by atoms with Crippen LogP contribution in [0.15, 0.2) is 24.3 Å². The molecule has 1 N–H and O–H groups in total. The van der Waals surface area contributed by atoms with Crippen LogP contribution >= 0.6 is 0 Å². The maximum atomic E-state index is 9.03. The third-order valence-corrected chi connectivity index (χ3v) is 3.25. The summed E-state index contributed by atoms with van der Waals surface area (Å²) >= 11 is 0. The predicted molar refractivity (Wildman–Crippen MR) is 62.9 cm³/mol. The Hall–Kier alpha value is -0.820. The van der Waals surface area contributed by atoms with Crippen LogP contribution in [0.1, 0.15) is 38.2 Å². The molecule has 82 valence electrons. The van der Waals surface area contributed by atoms with Gasteiger partial charge in [-0.2, -0.15) is 0 Å². The van der Waals surface area contributed by atoms with E-state index in [9.17, 15) is 0 Å². The molecule has 1 nitrogen and oxygen atoms in total. The molecule has 1 saturated carbocycles. The zero-order valence-corrected chi connectivity index (χ0v) is 9.15. The Kier molecular flexibility index (Phi) is 3.33. The zero-order valence-electron chi connectivity index (χ0n) is 10.2. The summed E-state index contributed by atoms with van der Waals surface area (Å²) < 4.78 is 8.35. The molecular weight excluding hydrogens is 184 g/mol. The molecule has 1 atom stereocenters. The predicted octanol–water partition coefficient (Wildman–Crippen LogP) is 2.95. The maximum absolute atomic E-state index is 9.03. The lowest BCUT2D eigenvalue weighted by atomic mass is 9.93. The summed E-state index contributed by atoms with van der Waals surface area (Å²) in [5.41, 5.74) is 2.28. The monoisotopic (exact) mass is 205 g/mol. The van der Waals surface area contributed by atoms with E-state index in [1.165, 1.54) is 25.7 Å². The topological polar surface area (TPSA) is 20.2 Å². The van der Waals surface area contributed by atoms with Gasteiger partial charge in [0.1, 0.15) is 0 Å². The van der Waals surface area contributed by atoms with E-state index in [0.717, 1.165) is 11.1 Å². The average molecular weight is 205 g/mol. The third kappa shape index (κ3) is 2.82. The van der Waals surface area contributed by atoms with E-state index in [-0.39, 0.29) is 13.0 Å². The lowest BCUT2D eigenvalue weighted by molar-refractivity contribution is 0.299. The van der Waals surface area contributed by atoms with Gasteiger partial charge in [-0.3, -0.25) is 0 Å². The molecule has 15 heavy (non-hydrogen) atoms. The second-order valence-electron chi connectivity index (χ2n) is 4.38. The van der Waals surface area contributed by atoms with Crippen molar-refractivity contribution >= 4 is 0 Å². The van der Waals surface area contributed by atoms with Crippen LogP contribution in [0.25, 0.3) is 0 Å². The zero-order chi connectivity index (χ0) is 11.4. The number of aliphatic hydroxyl groups is 1. The summed E-state index contributed by atoms with van der Waals surface area (Å²) in [6.07, 6.45) is 5.54. The molecule has 1 unspecified atom stereocenters. The Morgan fingerprint density at radius 2 is 1.87 bits per heavy atom. The lowest BCUT2D eigenvalue weighted by Gasteiger charge is -2.12. The first kappa shape index (κ1) is 9.41. The average Bonchev–Trinajstić information content (AvgIpc) is 2.83. The van der Waals surface area contributed by atoms with Gasteiger partial charge in [0.15, 0.2) is 0 Å². The minimum atomic E-state index is -0.0924. The fourth-order valence-electron chi connectivity index (χ4n) is 2.42. The second-order valence-corrected chi connectivity index (χ2v) is 4.38.